The smallest absolute Gasteiger partial charge is 0.188 e. The van der Waals surface area contributed by atoms with E-state index in [9.17, 15) is 0 Å². The first-order chi connectivity index (χ1) is 10.8. The van der Waals surface area contributed by atoms with E-state index in [1.54, 1.807) is 6.26 Å². The summed E-state index contributed by atoms with van der Waals surface area (Å²) >= 11 is 0. The van der Waals surface area contributed by atoms with E-state index in [1.807, 2.05) is 12.1 Å². The first-order valence-corrected chi connectivity index (χ1v) is 8.67. The minimum atomic E-state index is 0. The minimum Gasteiger partial charge on any atom is -0.468 e. The summed E-state index contributed by atoms with van der Waals surface area (Å²) in [6.07, 6.45) is 10.6. The van der Waals surface area contributed by atoms with Gasteiger partial charge < -0.3 is 15.5 Å². The highest BCUT2D eigenvalue weighted by molar-refractivity contribution is 14.0. The molecule has 3 N–H and O–H groups in total. The third-order valence-corrected chi connectivity index (χ3v) is 4.84. The molecule has 1 aromatic heterocycles. The highest BCUT2D eigenvalue weighted by Crippen LogP contribution is 2.25. The number of nitrogens with zero attached hydrogens (tertiary/aromatic N) is 2. The Morgan fingerprint density at radius 3 is 2.65 bits per heavy atom. The minimum absolute atomic E-state index is 0. The van der Waals surface area contributed by atoms with Gasteiger partial charge in [-0.15, -0.1) is 24.0 Å². The predicted octanol–water partition coefficient (Wildman–Crippen LogP) is 3.27. The van der Waals surface area contributed by atoms with Gasteiger partial charge in [0.15, 0.2) is 5.96 Å². The average Bonchev–Trinajstić information content (AvgIpc) is 3.22. The lowest BCUT2D eigenvalue weighted by molar-refractivity contribution is 0.221. The molecule has 6 heteroatoms. The van der Waals surface area contributed by atoms with Gasteiger partial charge in [-0.3, -0.25) is 9.89 Å². The van der Waals surface area contributed by atoms with Crippen LogP contribution in [0.4, 0.5) is 0 Å². The van der Waals surface area contributed by atoms with Gasteiger partial charge in [-0.25, -0.2) is 0 Å². The second-order valence-corrected chi connectivity index (χ2v) is 6.48. The Morgan fingerprint density at radius 2 is 2.00 bits per heavy atom. The molecule has 130 valence electrons. The molecular weight excluding hydrogens is 403 g/mol. The van der Waals surface area contributed by atoms with E-state index < -0.39 is 0 Å². The van der Waals surface area contributed by atoms with Crippen molar-refractivity contribution >= 4 is 29.9 Å². The van der Waals surface area contributed by atoms with Gasteiger partial charge in [0.2, 0.25) is 0 Å². The van der Waals surface area contributed by atoms with Crippen LogP contribution in [-0.4, -0.2) is 36.5 Å². The van der Waals surface area contributed by atoms with Crippen LogP contribution in [0.15, 0.2) is 27.8 Å². The fourth-order valence-corrected chi connectivity index (χ4v) is 3.61. The van der Waals surface area contributed by atoms with Crippen molar-refractivity contribution in [1.29, 1.82) is 0 Å². The summed E-state index contributed by atoms with van der Waals surface area (Å²) in [6.45, 7) is 2.91. The summed E-state index contributed by atoms with van der Waals surface area (Å²) in [7, 11) is 0. The van der Waals surface area contributed by atoms with E-state index >= 15 is 0 Å². The second kappa shape index (κ2) is 9.52. The summed E-state index contributed by atoms with van der Waals surface area (Å²) in [5.41, 5.74) is 6.09. The van der Waals surface area contributed by atoms with Crippen molar-refractivity contribution in [2.24, 2.45) is 10.7 Å². The zero-order valence-corrected chi connectivity index (χ0v) is 16.1. The Balaban J connectivity index is 0.00000192. The zero-order valence-electron chi connectivity index (χ0n) is 13.7. The number of likely N-dealkylation sites (tertiary alicyclic amines) is 1. The molecule has 2 aliphatic rings. The van der Waals surface area contributed by atoms with E-state index in [1.165, 1.54) is 44.9 Å². The van der Waals surface area contributed by atoms with E-state index in [-0.39, 0.29) is 30.0 Å². The molecule has 0 aromatic carbocycles. The lowest BCUT2D eigenvalue weighted by Gasteiger charge is -2.25. The van der Waals surface area contributed by atoms with Gasteiger partial charge in [0.05, 0.1) is 18.8 Å². The summed E-state index contributed by atoms with van der Waals surface area (Å²) in [5, 5.41) is 3.39. The van der Waals surface area contributed by atoms with Gasteiger partial charge in [0.1, 0.15) is 5.76 Å². The molecule has 0 radical (unpaired) electrons. The Hall–Kier alpha value is -0.760. The van der Waals surface area contributed by atoms with Crippen LogP contribution in [-0.2, 0) is 0 Å². The number of hydrogen-bond acceptors (Lipinski definition) is 3. The molecule has 2 heterocycles. The molecule has 1 unspecified atom stereocenters. The van der Waals surface area contributed by atoms with E-state index in [4.69, 9.17) is 10.2 Å². The molecule has 2 fully saturated rings. The van der Waals surface area contributed by atoms with Crippen LogP contribution in [0.1, 0.15) is 56.7 Å². The first-order valence-electron chi connectivity index (χ1n) is 8.67. The number of halogens is 1. The van der Waals surface area contributed by atoms with Crippen LogP contribution in [0, 0.1) is 0 Å². The molecule has 1 aliphatic heterocycles. The first kappa shape index (κ1) is 18.6. The van der Waals surface area contributed by atoms with Crippen molar-refractivity contribution < 1.29 is 4.42 Å². The molecule has 1 atom stereocenters. The fraction of sp³-hybridized carbons (Fsp3) is 0.706. The molecule has 1 saturated heterocycles. The number of guanidine groups is 1. The van der Waals surface area contributed by atoms with Crippen LogP contribution in [0.2, 0.25) is 0 Å². The second-order valence-electron chi connectivity index (χ2n) is 6.48. The molecule has 3 rings (SSSR count). The molecule has 23 heavy (non-hydrogen) atoms. The third-order valence-electron chi connectivity index (χ3n) is 4.84. The molecule has 5 nitrogen and oxygen atoms in total. The largest absolute Gasteiger partial charge is 0.468 e. The molecule has 1 aromatic rings. The van der Waals surface area contributed by atoms with Gasteiger partial charge >= 0.3 is 0 Å². The highest BCUT2D eigenvalue weighted by Gasteiger charge is 2.25. The van der Waals surface area contributed by atoms with Crippen molar-refractivity contribution in [3.63, 3.8) is 0 Å². The lowest BCUT2D eigenvalue weighted by atomic mass is 9.96. The summed E-state index contributed by atoms with van der Waals surface area (Å²) in [4.78, 5) is 7.06. The highest BCUT2D eigenvalue weighted by atomic mass is 127. The number of rotatable bonds is 5. The van der Waals surface area contributed by atoms with Crippen LogP contribution in [0.3, 0.4) is 0 Å². The monoisotopic (exact) mass is 432 g/mol. The zero-order chi connectivity index (χ0) is 15.2. The van der Waals surface area contributed by atoms with Crippen molar-refractivity contribution in [1.82, 2.24) is 10.2 Å². The Kier molecular flexibility index (Phi) is 7.69. The quantitative estimate of drug-likeness (QED) is 0.426. The average molecular weight is 432 g/mol. The summed E-state index contributed by atoms with van der Waals surface area (Å²) in [6, 6.07) is 4.71. The van der Waals surface area contributed by atoms with Crippen LogP contribution < -0.4 is 11.1 Å². The van der Waals surface area contributed by atoms with Gasteiger partial charge in [-0.05, 0) is 50.9 Å². The standard InChI is InChI=1S/C17H28N4O.HI/c18-17(20-14-7-2-1-3-8-14)19-13-15(16-9-6-12-22-16)21-10-4-5-11-21;/h6,9,12,14-15H,1-5,7-8,10-11,13H2,(H3,18,19,20);1H. The maximum absolute atomic E-state index is 6.09. The maximum Gasteiger partial charge on any atom is 0.188 e. The van der Waals surface area contributed by atoms with Crippen molar-refractivity contribution in [3.05, 3.63) is 24.2 Å². The lowest BCUT2D eigenvalue weighted by Crippen LogP contribution is -2.41. The van der Waals surface area contributed by atoms with Gasteiger partial charge in [-0.2, -0.15) is 0 Å². The Bertz CT molecular complexity index is 465. The molecule has 0 bridgehead atoms. The van der Waals surface area contributed by atoms with Gasteiger partial charge in [0, 0.05) is 6.04 Å². The third kappa shape index (κ3) is 5.38. The van der Waals surface area contributed by atoms with E-state index in [0.29, 0.717) is 18.5 Å². The number of furan rings is 1. The normalized spacial score (nSPS) is 21.8. The number of hydrogen-bond donors (Lipinski definition) is 2. The van der Waals surface area contributed by atoms with E-state index in [2.05, 4.69) is 15.2 Å². The predicted molar refractivity (Wildman–Crippen MR) is 104 cm³/mol. The van der Waals surface area contributed by atoms with Crippen molar-refractivity contribution in [2.45, 2.75) is 57.0 Å². The molecule has 0 spiro atoms. The Morgan fingerprint density at radius 1 is 1.26 bits per heavy atom. The SMILES string of the molecule is I.NC(=NCC(c1ccco1)N1CCCC1)NC1CCCCC1. The fourth-order valence-electron chi connectivity index (χ4n) is 3.61. The molecule has 0 amide bonds. The molecule has 1 saturated carbocycles. The summed E-state index contributed by atoms with van der Waals surface area (Å²) in [5.74, 6) is 1.58. The van der Waals surface area contributed by atoms with Crippen LogP contribution in [0.5, 0.6) is 0 Å². The van der Waals surface area contributed by atoms with Crippen LogP contribution in [0.25, 0.3) is 0 Å². The van der Waals surface area contributed by atoms with Gasteiger partial charge in [-0.1, -0.05) is 19.3 Å². The maximum atomic E-state index is 6.09. The van der Waals surface area contributed by atoms with E-state index in [0.717, 1.165) is 18.8 Å². The van der Waals surface area contributed by atoms with Gasteiger partial charge in [0.25, 0.3) is 0 Å². The van der Waals surface area contributed by atoms with Crippen molar-refractivity contribution in [2.75, 3.05) is 19.6 Å². The van der Waals surface area contributed by atoms with Crippen molar-refractivity contribution in [3.8, 4) is 0 Å². The number of nitrogens with two attached hydrogens (primary N) is 1. The number of nitrogens with one attached hydrogen (secondary N) is 1. The Labute approximate surface area is 156 Å². The topological polar surface area (TPSA) is 66.8 Å². The molecular formula is C17H29IN4O. The summed E-state index contributed by atoms with van der Waals surface area (Å²) < 4.78 is 5.62. The van der Waals surface area contributed by atoms with Crippen LogP contribution >= 0.6 is 24.0 Å². The molecule has 1 aliphatic carbocycles. The number of aliphatic imine (C=N–C) groups is 1.